The summed E-state index contributed by atoms with van der Waals surface area (Å²) in [6.07, 6.45) is 0.549. The average molecular weight is 93.1 g/mol. The van der Waals surface area contributed by atoms with Crippen molar-refractivity contribution < 1.29 is 0 Å². The Morgan fingerprint density at radius 3 is 2.43 bits per heavy atom. The van der Waals surface area contributed by atoms with Crippen LogP contribution in [0.5, 0.6) is 0 Å². The molecule has 36 valence electrons. The topological polar surface area (TPSA) is 46.1 Å². The highest BCUT2D eigenvalue weighted by molar-refractivity contribution is 5.65. The van der Waals surface area contributed by atoms with Crippen LogP contribution in [0.2, 0.25) is 0 Å². The molecule has 0 aromatic heterocycles. The lowest BCUT2D eigenvalue weighted by molar-refractivity contribution is 1.17. The van der Waals surface area contributed by atoms with Crippen molar-refractivity contribution in [2.45, 2.75) is 13.3 Å². The van der Waals surface area contributed by atoms with E-state index >= 15 is 0 Å². The van der Waals surface area contributed by atoms with Crippen LogP contribution in [0.3, 0.4) is 0 Å². The highest BCUT2D eigenvalue weighted by atomic mass is 14.3. The van der Waals surface area contributed by atoms with Crippen molar-refractivity contribution in [1.82, 2.24) is 0 Å². The fourth-order valence-electron chi connectivity index (χ4n) is 0.183. The van der Waals surface area contributed by atoms with Gasteiger partial charge >= 0.3 is 0 Å². The fraction of sp³-hybridized carbons (Fsp3) is 0.400. The summed E-state index contributed by atoms with van der Waals surface area (Å²) in [4.78, 5) is 0. The Hall–Kier alpha value is -1.06. The summed E-state index contributed by atoms with van der Waals surface area (Å²) in [7, 11) is 0. The summed E-state index contributed by atoms with van der Waals surface area (Å²) in [5.41, 5.74) is 0.292. The van der Waals surface area contributed by atoms with Crippen molar-refractivity contribution in [2.24, 2.45) is 0 Å². The zero-order chi connectivity index (χ0) is 5.70. The second-order valence-corrected chi connectivity index (χ2v) is 1.06. The summed E-state index contributed by atoms with van der Waals surface area (Å²) >= 11 is 0. The summed E-state index contributed by atoms with van der Waals surface area (Å²) in [6.45, 7) is 1.78. The molecule has 0 spiro atoms. The van der Waals surface area contributed by atoms with Gasteiger partial charge in [-0.05, 0) is 6.42 Å². The van der Waals surface area contributed by atoms with Gasteiger partial charge in [0.15, 0.2) is 0 Å². The Labute approximate surface area is 42.6 Å². The first kappa shape index (κ1) is 5.94. The highest BCUT2D eigenvalue weighted by Gasteiger charge is 1.78. The van der Waals surface area contributed by atoms with Crippen molar-refractivity contribution in [1.29, 1.82) is 5.26 Å². The third-order valence-corrected chi connectivity index (χ3v) is 0.623. The zero-order valence-electron chi connectivity index (χ0n) is 4.10. The zero-order valence-corrected chi connectivity index (χ0v) is 4.10. The lowest BCUT2D eigenvalue weighted by atomic mass is 10.3. The van der Waals surface area contributed by atoms with Crippen molar-refractivity contribution >= 4 is 5.87 Å². The Bertz CT molecular complexity index is 135. The maximum Gasteiger partial charge on any atom is 0.101 e. The van der Waals surface area contributed by atoms with Crippen molar-refractivity contribution in [2.75, 3.05) is 0 Å². The molecule has 0 fully saturated rings. The van der Waals surface area contributed by atoms with Gasteiger partial charge < -0.3 is 5.41 Å². The molecular weight excluding hydrogens is 88.1 g/mol. The van der Waals surface area contributed by atoms with E-state index in [1.54, 1.807) is 18.9 Å². The molecule has 7 heavy (non-hydrogen) atoms. The van der Waals surface area contributed by atoms with E-state index in [-0.39, 0.29) is 0 Å². The van der Waals surface area contributed by atoms with E-state index in [0.717, 1.165) is 0 Å². The van der Waals surface area contributed by atoms with E-state index in [0.29, 0.717) is 12.0 Å². The predicted octanol–water partition coefficient (Wildman–Crippen LogP) is 1.09. The fourth-order valence-corrected chi connectivity index (χ4v) is 0.183. The molecule has 0 aliphatic carbocycles. The van der Waals surface area contributed by atoms with Crippen LogP contribution in [-0.4, -0.2) is 5.87 Å². The molecule has 0 saturated heterocycles. The van der Waals surface area contributed by atoms with Gasteiger partial charge in [0, 0.05) is 5.57 Å². The summed E-state index contributed by atoms with van der Waals surface area (Å²) < 4.78 is 0. The van der Waals surface area contributed by atoms with Gasteiger partial charge in [-0.1, -0.05) is 6.92 Å². The number of rotatable bonds is 1. The number of hydrogen-bond acceptors (Lipinski definition) is 1. The van der Waals surface area contributed by atoms with Gasteiger partial charge in [-0.3, -0.25) is 5.87 Å². The Morgan fingerprint density at radius 2 is 2.43 bits per heavy atom. The molecule has 0 N–H and O–H groups in total. The molecule has 0 rings (SSSR count). The molecule has 0 atom stereocenters. The molecule has 2 heteroatoms. The lowest BCUT2D eigenvalue weighted by Gasteiger charge is -1.81. The quantitative estimate of drug-likeness (QED) is 0.353. The van der Waals surface area contributed by atoms with Crippen LogP contribution in [0.1, 0.15) is 13.3 Å². The van der Waals surface area contributed by atoms with Crippen molar-refractivity contribution in [3.63, 3.8) is 0 Å². The van der Waals surface area contributed by atoms with Crippen LogP contribution in [0, 0.1) is 11.3 Å². The van der Waals surface area contributed by atoms with Crippen LogP contribution in [0.25, 0.3) is 5.41 Å². The van der Waals surface area contributed by atoms with Crippen molar-refractivity contribution in [3.8, 4) is 6.07 Å². The third kappa shape index (κ3) is 1.75. The van der Waals surface area contributed by atoms with Crippen LogP contribution >= 0.6 is 0 Å². The first-order chi connectivity index (χ1) is 3.35. The van der Waals surface area contributed by atoms with Crippen LogP contribution in [0.4, 0.5) is 0 Å². The summed E-state index contributed by atoms with van der Waals surface area (Å²) in [6, 6.07) is 1.76. The van der Waals surface area contributed by atoms with Gasteiger partial charge in [0.25, 0.3) is 0 Å². The van der Waals surface area contributed by atoms with Gasteiger partial charge in [0.05, 0.1) is 0 Å². The Morgan fingerprint density at radius 1 is 1.86 bits per heavy atom. The molecule has 0 unspecified atom stereocenters. The van der Waals surface area contributed by atoms with E-state index in [1.165, 1.54) is 0 Å². The first-order valence-corrected chi connectivity index (χ1v) is 2.01. The second kappa shape index (κ2) is 3.14. The maximum atomic E-state index is 8.02. The molecule has 0 radical (unpaired) electrons. The molecule has 0 aromatic carbocycles. The minimum absolute atomic E-state index is 0.292. The molecular formula is C5H5N2-. The Balaban J connectivity index is 3.95. The number of hydrogen-bond donors (Lipinski definition) is 0. The largest absolute Gasteiger partial charge is 0.762 e. The van der Waals surface area contributed by atoms with Crippen LogP contribution < -0.4 is 0 Å². The van der Waals surface area contributed by atoms with Crippen molar-refractivity contribution in [3.05, 3.63) is 11.0 Å². The van der Waals surface area contributed by atoms with Crippen LogP contribution in [0.15, 0.2) is 5.57 Å². The van der Waals surface area contributed by atoms with E-state index in [9.17, 15) is 0 Å². The summed E-state index contributed by atoms with van der Waals surface area (Å²) in [5, 5.41) is 16.0. The van der Waals surface area contributed by atoms with E-state index in [4.69, 9.17) is 10.7 Å². The predicted molar refractivity (Wildman–Crippen MR) is 27.8 cm³/mol. The standard InChI is InChI=1S/C5H5N2/c1-2-5(3-6)4-7/h2H2,1H3/q-1. The van der Waals surface area contributed by atoms with Gasteiger partial charge in [0.2, 0.25) is 0 Å². The van der Waals surface area contributed by atoms with Gasteiger partial charge in [0.1, 0.15) is 6.07 Å². The molecule has 0 aromatic rings. The van der Waals surface area contributed by atoms with Gasteiger partial charge in [-0.2, -0.15) is 5.26 Å². The average Bonchev–Trinajstić information content (AvgIpc) is 1.72. The molecule has 0 aliphatic heterocycles. The van der Waals surface area contributed by atoms with E-state index in [1.807, 2.05) is 0 Å². The smallest absolute Gasteiger partial charge is 0.101 e. The second-order valence-electron chi connectivity index (χ2n) is 1.06. The SMILES string of the molecule is CCC(=C=[N-])C#N. The van der Waals surface area contributed by atoms with E-state index < -0.39 is 0 Å². The summed E-state index contributed by atoms with van der Waals surface area (Å²) in [5.74, 6) is 1.76. The minimum Gasteiger partial charge on any atom is -0.762 e. The monoisotopic (exact) mass is 93.0 g/mol. The lowest BCUT2D eigenvalue weighted by Crippen LogP contribution is -1.70. The minimum atomic E-state index is 0.292. The highest BCUT2D eigenvalue weighted by Crippen LogP contribution is 1.88. The third-order valence-electron chi connectivity index (χ3n) is 0.623. The normalized spacial score (nSPS) is 6.29. The van der Waals surface area contributed by atoms with E-state index in [2.05, 4.69) is 0 Å². The number of allylic oxidation sites excluding steroid dienone is 1. The molecule has 0 amide bonds. The van der Waals surface area contributed by atoms with Crippen LogP contribution in [-0.2, 0) is 0 Å². The number of nitriles is 1. The first-order valence-electron chi connectivity index (χ1n) is 2.01. The molecule has 2 nitrogen and oxygen atoms in total. The molecule has 0 saturated carbocycles. The number of nitrogens with zero attached hydrogens (tertiary/aromatic N) is 2. The van der Waals surface area contributed by atoms with Gasteiger partial charge in [-0.25, -0.2) is 0 Å². The Kier molecular flexibility index (Phi) is 2.67. The maximum absolute atomic E-state index is 8.02. The molecule has 0 aliphatic rings. The molecule has 0 bridgehead atoms. The van der Waals surface area contributed by atoms with Gasteiger partial charge in [-0.15, -0.1) is 0 Å². The molecule has 0 heterocycles.